The highest BCUT2D eigenvalue weighted by atomic mass is 14.8. The van der Waals surface area contributed by atoms with Crippen LogP contribution in [0.2, 0.25) is 0 Å². The Hall–Kier alpha value is -1.64. The molecule has 0 fully saturated rings. The van der Waals surface area contributed by atoms with E-state index in [0.717, 1.165) is 12.8 Å². The van der Waals surface area contributed by atoms with E-state index in [1.807, 2.05) is 0 Å². The molecule has 0 saturated heterocycles. The lowest BCUT2D eigenvalue weighted by molar-refractivity contribution is 0.393. The SMILES string of the molecule is CC(C)C(N)CCC1(N)c2ccccc2-c2ccccc21. The van der Waals surface area contributed by atoms with Crippen LogP contribution in [0.25, 0.3) is 11.1 Å². The van der Waals surface area contributed by atoms with Crippen LogP contribution in [0.15, 0.2) is 48.5 Å². The molecule has 110 valence electrons. The van der Waals surface area contributed by atoms with Gasteiger partial charge < -0.3 is 11.5 Å². The van der Waals surface area contributed by atoms with Crippen LogP contribution in [-0.4, -0.2) is 6.04 Å². The van der Waals surface area contributed by atoms with Gasteiger partial charge in [0.25, 0.3) is 0 Å². The summed E-state index contributed by atoms with van der Waals surface area (Å²) in [5.41, 5.74) is 17.7. The van der Waals surface area contributed by atoms with Gasteiger partial charge in [0, 0.05) is 6.04 Å². The van der Waals surface area contributed by atoms with Gasteiger partial charge in [0.15, 0.2) is 0 Å². The molecule has 1 aliphatic carbocycles. The monoisotopic (exact) mass is 280 g/mol. The molecule has 0 aliphatic heterocycles. The van der Waals surface area contributed by atoms with Gasteiger partial charge in [-0.15, -0.1) is 0 Å². The summed E-state index contributed by atoms with van der Waals surface area (Å²) in [4.78, 5) is 0. The van der Waals surface area contributed by atoms with E-state index in [1.54, 1.807) is 0 Å². The van der Waals surface area contributed by atoms with Crippen molar-refractivity contribution in [3.05, 3.63) is 59.7 Å². The van der Waals surface area contributed by atoms with Gasteiger partial charge >= 0.3 is 0 Å². The van der Waals surface area contributed by atoms with Crippen molar-refractivity contribution in [2.75, 3.05) is 0 Å². The normalized spacial score (nSPS) is 16.6. The Morgan fingerprint density at radius 3 is 1.86 bits per heavy atom. The summed E-state index contributed by atoms with van der Waals surface area (Å²) in [5, 5.41) is 0. The number of rotatable bonds is 4. The van der Waals surface area contributed by atoms with Crippen molar-refractivity contribution in [3.63, 3.8) is 0 Å². The first-order valence-corrected chi connectivity index (χ1v) is 7.78. The lowest BCUT2D eigenvalue weighted by Crippen LogP contribution is -2.38. The molecule has 0 amide bonds. The largest absolute Gasteiger partial charge is 0.327 e. The Bertz CT molecular complexity index is 600. The first-order valence-electron chi connectivity index (χ1n) is 7.78. The van der Waals surface area contributed by atoms with E-state index in [4.69, 9.17) is 11.5 Å². The van der Waals surface area contributed by atoms with Crippen LogP contribution in [0.4, 0.5) is 0 Å². The molecule has 0 saturated carbocycles. The minimum absolute atomic E-state index is 0.199. The molecular weight excluding hydrogens is 256 g/mol. The van der Waals surface area contributed by atoms with Crippen molar-refractivity contribution in [1.82, 2.24) is 0 Å². The Kier molecular flexibility index (Phi) is 3.60. The van der Waals surface area contributed by atoms with Gasteiger partial charge in [0.1, 0.15) is 0 Å². The van der Waals surface area contributed by atoms with E-state index in [1.165, 1.54) is 22.3 Å². The highest BCUT2D eigenvalue weighted by Crippen LogP contribution is 2.48. The molecule has 2 aromatic rings. The van der Waals surface area contributed by atoms with Crippen molar-refractivity contribution >= 4 is 0 Å². The van der Waals surface area contributed by atoms with E-state index in [2.05, 4.69) is 62.4 Å². The smallest absolute Gasteiger partial charge is 0.0678 e. The van der Waals surface area contributed by atoms with Gasteiger partial charge in [-0.3, -0.25) is 0 Å². The van der Waals surface area contributed by atoms with E-state index in [0.29, 0.717) is 5.92 Å². The van der Waals surface area contributed by atoms with Crippen molar-refractivity contribution in [1.29, 1.82) is 0 Å². The van der Waals surface area contributed by atoms with Crippen LogP contribution in [0.1, 0.15) is 37.8 Å². The minimum Gasteiger partial charge on any atom is -0.327 e. The average Bonchev–Trinajstić information content (AvgIpc) is 2.76. The summed E-state index contributed by atoms with van der Waals surface area (Å²) in [6.07, 6.45) is 1.83. The predicted molar refractivity (Wildman–Crippen MR) is 88.9 cm³/mol. The second-order valence-electron chi connectivity index (χ2n) is 6.51. The van der Waals surface area contributed by atoms with E-state index < -0.39 is 5.54 Å². The van der Waals surface area contributed by atoms with Crippen LogP contribution in [0.5, 0.6) is 0 Å². The van der Waals surface area contributed by atoms with Gasteiger partial charge in [-0.05, 0) is 41.0 Å². The second-order valence-corrected chi connectivity index (χ2v) is 6.51. The highest BCUT2D eigenvalue weighted by Gasteiger charge is 2.39. The maximum Gasteiger partial charge on any atom is 0.0678 e. The Morgan fingerprint density at radius 2 is 1.38 bits per heavy atom. The standard InChI is InChI=1S/C19H24N2/c1-13(2)18(20)11-12-19(21)16-9-5-3-7-14(16)15-8-4-6-10-17(15)19/h3-10,13,18H,11-12,20-21H2,1-2H3. The molecule has 0 radical (unpaired) electrons. The number of hydrogen-bond acceptors (Lipinski definition) is 2. The molecule has 21 heavy (non-hydrogen) atoms. The zero-order valence-corrected chi connectivity index (χ0v) is 12.8. The fourth-order valence-corrected chi connectivity index (χ4v) is 3.36. The van der Waals surface area contributed by atoms with E-state index in [-0.39, 0.29) is 6.04 Å². The summed E-state index contributed by atoms with van der Waals surface area (Å²) in [7, 11) is 0. The van der Waals surface area contributed by atoms with Gasteiger partial charge in [0.05, 0.1) is 5.54 Å². The third-order valence-corrected chi connectivity index (χ3v) is 4.83. The molecule has 0 aromatic heterocycles. The third kappa shape index (κ3) is 2.29. The summed E-state index contributed by atoms with van der Waals surface area (Å²) >= 11 is 0. The van der Waals surface area contributed by atoms with E-state index >= 15 is 0 Å². The molecule has 2 heteroatoms. The zero-order chi connectivity index (χ0) is 15.0. The average molecular weight is 280 g/mol. The van der Waals surface area contributed by atoms with Crippen molar-refractivity contribution in [2.24, 2.45) is 17.4 Å². The first-order chi connectivity index (χ1) is 10.0. The number of nitrogens with two attached hydrogens (primary N) is 2. The number of fused-ring (bicyclic) bond motifs is 3. The molecule has 4 N–H and O–H groups in total. The van der Waals surface area contributed by atoms with Crippen LogP contribution < -0.4 is 11.5 Å². The van der Waals surface area contributed by atoms with Crippen molar-refractivity contribution in [3.8, 4) is 11.1 Å². The van der Waals surface area contributed by atoms with E-state index in [9.17, 15) is 0 Å². The summed E-state index contributed by atoms with van der Waals surface area (Å²) in [6, 6.07) is 17.2. The predicted octanol–water partition coefficient (Wildman–Crippen LogP) is 3.63. The van der Waals surface area contributed by atoms with Crippen LogP contribution in [0.3, 0.4) is 0 Å². The maximum atomic E-state index is 6.88. The van der Waals surface area contributed by atoms with Crippen LogP contribution >= 0.6 is 0 Å². The molecule has 2 aromatic carbocycles. The molecule has 0 bridgehead atoms. The molecule has 2 nitrogen and oxygen atoms in total. The Labute approximate surface area is 127 Å². The molecule has 1 unspecified atom stereocenters. The lowest BCUT2D eigenvalue weighted by Gasteiger charge is -2.29. The molecular formula is C19H24N2. The molecule has 0 spiro atoms. The van der Waals surface area contributed by atoms with Gasteiger partial charge in [0.2, 0.25) is 0 Å². The van der Waals surface area contributed by atoms with Crippen molar-refractivity contribution < 1.29 is 0 Å². The first kappa shape index (κ1) is 14.3. The molecule has 0 heterocycles. The fourth-order valence-electron chi connectivity index (χ4n) is 3.36. The number of benzene rings is 2. The third-order valence-electron chi connectivity index (χ3n) is 4.83. The summed E-state index contributed by atoms with van der Waals surface area (Å²) < 4.78 is 0. The molecule has 1 aliphatic rings. The second kappa shape index (κ2) is 5.28. The summed E-state index contributed by atoms with van der Waals surface area (Å²) in [6.45, 7) is 4.34. The minimum atomic E-state index is -0.403. The van der Waals surface area contributed by atoms with Gasteiger partial charge in [-0.2, -0.15) is 0 Å². The Morgan fingerprint density at radius 1 is 0.905 bits per heavy atom. The van der Waals surface area contributed by atoms with Crippen LogP contribution in [-0.2, 0) is 5.54 Å². The zero-order valence-electron chi connectivity index (χ0n) is 12.8. The summed E-state index contributed by atoms with van der Waals surface area (Å²) in [5.74, 6) is 0.487. The van der Waals surface area contributed by atoms with Gasteiger partial charge in [-0.25, -0.2) is 0 Å². The fraction of sp³-hybridized carbons (Fsp3) is 0.368. The maximum absolute atomic E-state index is 6.88. The topological polar surface area (TPSA) is 52.0 Å². The molecule has 1 atom stereocenters. The lowest BCUT2D eigenvalue weighted by atomic mass is 9.82. The molecule has 3 rings (SSSR count). The number of hydrogen-bond donors (Lipinski definition) is 2. The van der Waals surface area contributed by atoms with Crippen molar-refractivity contribution in [2.45, 2.75) is 38.3 Å². The highest BCUT2D eigenvalue weighted by molar-refractivity contribution is 5.80. The Balaban J connectivity index is 2.01. The van der Waals surface area contributed by atoms with Gasteiger partial charge in [-0.1, -0.05) is 62.4 Å². The van der Waals surface area contributed by atoms with Crippen LogP contribution in [0, 0.1) is 5.92 Å². The quantitative estimate of drug-likeness (QED) is 0.898.